The topological polar surface area (TPSA) is 87.7 Å². The van der Waals surface area contributed by atoms with E-state index in [9.17, 15) is 9.18 Å². The molecule has 0 spiro atoms. The molecule has 0 radical (unpaired) electrons. The number of amides is 1. The van der Waals surface area contributed by atoms with Crippen LogP contribution in [0.15, 0.2) is 52.8 Å². The molecule has 27 heavy (non-hydrogen) atoms. The van der Waals surface area contributed by atoms with Crippen molar-refractivity contribution in [2.45, 2.75) is 6.54 Å². The molecular formula is C19H21FN6O. The van der Waals surface area contributed by atoms with Gasteiger partial charge in [-0.2, -0.15) is 0 Å². The number of benzene rings is 1. The van der Waals surface area contributed by atoms with Crippen molar-refractivity contribution in [2.24, 2.45) is 10.7 Å². The van der Waals surface area contributed by atoms with Crippen LogP contribution in [-0.2, 0) is 6.54 Å². The summed E-state index contributed by atoms with van der Waals surface area (Å²) in [5, 5.41) is 0. The molecule has 2 heterocycles. The Bertz CT molecular complexity index is 891. The van der Waals surface area contributed by atoms with Gasteiger partial charge in [0.15, 0.2) is 0 Å². The second-order valence-electron chi connectivity index (χ2n) is 6.44. The number of hydrogen-bond acceptors (Lipinski definition) is 6. The van der Waals surface area contributed by atoms with E-state index in [1.807, 2.05) is 4.90 Å². The average molecular weight is 368 g/mol. The fourth-order valence-electron chi connectivity index (χ4n) is 2.64. The van der Waals surface area contributed by atoms with Gasteiger partial charge in [0.1, 0.15) is 11.5 Å². The van der Waals surface area contributed by atoms with E-state index in [2.05, 4.69) is 15.0 Å². The van der Waals surface area contributed by atoms with Gasteiger partial charge < -0.3 is 15.5 Å². The van der Waals surface area contributed by atoms with Crippen molar-refractivity contribution in [3.8, 4) is 0 Å². The highest BCUT2D eigenvalue weighted by atomic mass is 19.1. The van der Waals surface area contributed by atoms with Gasteiger partial charge >= 0.3 is 0 Å². The number of hydrogen-bond donors (Lipinski definition) is 1. The first-order valence-corrected chi connectivity index (χ1v) is 8.45. The smallest absolute Gasteiger partial charge is 0.272 e. The van der Waals surface area contributed by atoms with Crippen LogP contribution >= 0.6 is 0 Å². The molecular weight excluding hydrogens is 347 g/mol. The lowest BCUT2D eigenvalue weighted by atomic mass is 10.2. The molecule has 0 saturated carbocycles. The van der Waals surface area contributed by atoms with Crippen molar-refractivity contribution >= 4 is 18.1 Å². The van der Waals surface area contributed by atoms with Gasteiger partial charge in [-0.3, -0.25) is 9.79 Å². The van der Waals surface area contributed by atoms with Crippen LogP contribution in [0, 0.1) is 5.82 Å². The summed E-state index contributed by atoms with van der Waals surface area (Å²) in [5.41, 5.74) is 8.94. The zero-order valence-electron chi connectivity index (χ0n) is 15.3. The second kappa shape index (κ2) is 7.94. The zero-order valence-corrected chi connectivity index (χ0v) is 15.3. The Morgan fingerprint density at radius 3 is 2.74 bits per heavy atom. The molecule has 140 valence electrons. The van der Waals surface area contributed by atoms with Crippen LogP contribution in [0.3, 0.4) is 0 Å². The lowest BCUT2D eigenvalue weighted by Crippen LogP contribution is -2.27. The summed E-state index contributed by atoms with van der Waals surface area (Å²) in [6.07, 6.45) is 3.30. The first kappa shape index (κ1) is 18.5. The van der Waals surface area contributed by atoms with E-state index in [1.54, 1.807) is 44.7 Å². The number of anilines is 1. The van der Waals surface area contributed by atoms with Gasteiger partial charge in [0.25, 0.3) is 5.91 Å². The van der Waals surface area contributed by atoms with Crippen molar-refractivity contribution in [3.63, 3.8) is 0 Å². The number of nitrogens with zero attached hydrogens (tertiary/aromatic N) is 5. The van der Waals surface area contributed by atoms with Gasteiger partial charge in [-0.25, -0.2) is 14.4 Å². The summed E-state index contributed by atoms with van der Waals surface area (Å²) in [4.78, 5) is 28.4. The molecule has 0 atom stereocenters. The Hall–Kier alpha value is -3.29. The standard InChI is InChI=1S/C19H21FN6O/c1-25(2)18(27)17-7-8-23-19(24-17)26-11-14(16(21)12-26)10-22-9-13-3-5-15(20)6-4-13/h3-8,10H,9,11-12,21H2,1-2H3. The Kier molecular flexibility index (Phi) is 5.44. The second-order valence-corrected chi connectivity index (χ2v) is 6.44. The summed E-state index contributed by atoms with van der Waals surface area (Å²) >= 11 is 0. The number of carbonyl (C=O) groups excluding carboxylic acids is 1. The van der Waals surface area contributed by atoms with E-state index >= 15 is 0 Å². The first-order valence-electron chi connectivity index (χ1n) is 8.45. The molecule has 0 saturated heterocycles. The molecule has 1 aliphatic heterocycles. The van der Waals surface area contributed by atoms with Crippen LogP contribution in [0.2, 0.25) is 0 Å². The molecule has 3 rings (SSSR count). The van der Waals surface area contributed by atoms with Gasteiger partial charge in [0.05, 0.1) is 13.1 Å². The van der Waals surface area contributed by atoms with E-state index in [-0.39, 0.29) is 11.7 Å². The minimum Gasteiger partial charge on any atom is -0.400 e. The zero-order chi connectivity index (χ0) is 19.4. The number of halogens is 1. The lowest BCUT2D eigenvalue weighted by molar-refractivity contribution is 0.0822. The summed E-state index contributed by atoms with van der Waals surface area (Å²) in [6.45, 7) is 1.43. The Balaban J connectivity index is 1.66. The molecule has 7 nitrogen and oxygen atoms in total. The van der Waals surface area contributed by atoms with E-state index in [0.29, 0.717) is 37.0 Å². The highest BCUT2D eigenvalue weighted by Crippen LogP contribution is 2.18. The summed E-state index contributed by atoms with van der Waals surface area (Å²) < 4.78 is 12.9. The van der Waals surface area contributed by atoms with Crippen LogP contribution in [0.1, 0.15) is 16.1 Å². The van der Waals surface area contributed by atoms with Crippen LogP contribution < -0.4 is 10.6 Å². The van der Waals surface area contributed by atoms with Gasteiger partial charge in [-0.15, -0.1) is 0 Å². The largest absolute Gasteiger partial charge is 0.400 e. The number of rotatable bonds is 5. The molecule has 0 fully saturated rings. The maximum atomic E-state index is 12.9. The van der Waals surface area contributed by atoms with Crippen LogP contribution in [0.4, 0.5) is 10.3 Å². The third-order valence-corrected chi connectivity index (χ3v) is 4.12. The number of aliphatic imine (C=N–C) groups is 1. The average Bonchev–Trinajstić information content (AvgIpc) is 3.03. The Labute approximate surface area is 157 Å². The highest BCUT2D eigenvalue weighted by Gasteiger charge is 2.22. The molecule has 1 aromatic heterocycles. The van der Waals surface area contributed by atoms with Gasteiger partial charge in [-0.1, -0.05) is 12.1 Å². The minimum absolute atomic E-state index is 0.181. The number of nitrogens with two attached hydrogens (primary N) is 1. The van der Waals surface area contributed by atoms with Crippen molar-refractivity contribution in [3.05, 3.63) is 64.9 Å². The van der Waals surface area contributed by atoms with Crippen LogP contribution in [0.5, 0.6) is 0 Å². The molecule has 2 N–H and O–H groups in total. The van der Waals surface area contributed by atoms with Gasteiger partial charge in [-0.05, 0) is 23.8 Å². The van der Waals surface area contributed by atoms with E-state index in [4.69, 9.17) is 5.73 Å². The van der Waals surface area contributed by atoms with Crippen molar-refractivity contribution in [1.29, 1.82) is 0 Å². The third-order valence-electron chi connectivity index (χ3n) is 4.12. The maximum absolute atomic E-state index is 12.9. The molecule has 8 heteroatoms. The summed E-state index contributed by atoms with van der Waals surface area (Å²) in [7, 11) is 3.35. The molecule has 1 amide bonds. The molecule has 2 aromatic rings. The minimum atomic E-state index is -0.268. The Morgan fingerprint density at radius 1 is 1.30 bits per heavy atom. The normalized spacial score (nSPS) is 14.3. The molecule has 0 bridgehead atoms. The fraction of sp³-hybridized carbons (Fsp3) is 0.263. The molecule has 1 aromatic carbocycles. The maximum Gasteiger partial charge on any atom is 0.272 e. The van der Waals surface area contributed by atoms with Crippen molar-refractivity contribution in [2.75, 3.05) is 32.1 Å². The monoisotopic (exact) mass is 368 g/mol. The number of carbonyl (C=O) groups is 1. The van der Waals surface area contributed by atoms with Crippen LogP contribution in [0.25, 0.3) is 0 Å². The van der Waals surface area contributed by atoms with E-state index in [1.165, 1.54) is 17.0 Å². The summed E-state index contributed by atoms with van der Waals surface area (Å²) in [6, 6.07) is 7.81. The predicted octanol–water partition coefficient (Wildman–Crippen LogP) is 1.62. The van der Waals surface area contributed by atoms with Gasteiger partial charge in [0, 0.05) is 44.3 Å². The van der Waals surface area contributed by atoms with Crippen molar-refractivity contribution < 1.29 is 9.18 Å². The van der Waals surface area contributed by atoms with Crippen molar-refractivity contribution in [1.82, 2.24) is 14.9 Å². The summed E-state index contributed by atoms with van der Waals surface area (Å²) in [5.74, 6) is 0.00328. The fourth-order valence-corrected chi connectivity index (χ4v) is 2.64. The third kappa shape index (κ3) is 4.46. The number of aromatic nitrogens is 2. The predicted molar refractivity (Wildman–Crippen MR) is 102 cm³/mol. The Morgan fingerprint density at radius 2 is 2.04 bits per heavy atom. The quantitative estimate of drug-likeness (QED) is 0.811. The van der Waals surface area contributed by atoms with Gasteiger partial charge in [0.2, 0.25) is 5.95 Å². The van der Waals surface area contributed by atoms with E-state index in [0.717, 1.165) is 11.1 Å². The SMILES string of the molecule is CN(C)C(=O)c1ccnc(N2CC(N)=C(C=NCc3ccc(F)cc3)C2)n1. The van der Waals surface area contributed by atoms with E-state index < -0.39 is 0 Å². The first-order chi connectivity index (χ1) is 12.9. The lowest BCUT2D eigenvalue weighted by Gasteiger charge is -2.17. The molecule has 0 aliphatic carbocycles. The highest BCUT2D eigenvalue weighted by molar-refractivity contribution is 5.92. The molecule has 0 unspecified atom stereocenters. The molecule has 1 aliphatic rings. The van der Waals surface area contributed by atoms with Crippen LogP contribution in [-0.4, -0.2) is 54.2 Å².